The number of Topliss-reactive ketones (excluding diaryl/α,β-unsaturated/α-hetero) is 1. The molecular formula is C24H26FNO5S. The molecule has 32 heavy (non-hydrogen) atoms. The highest BCUT2D eigenvalue weighted by Crippen LogP contribution is 2.41. The maximum Gasteiger partial charge on any atom is 0.314 e. The Morgan fingerprint density at radius 2 is 2.03 bits per heavy atom. The number of esters is 1. The summed E-state index contributed by atoms with van der Waals surface area (Å²) in [7, 11) is 0. The van der Waals surface area contributed by atoms with Crippen molar-refractivity contribution in [1.82, 2.24) is 4.90 Å². The molecule has 2 heterocycles. The molecule has 1 aliphatic carbocycles. The Balaban J connectivity index is 1.61. The van der Waals surface area contributed by atoms with Crippen molar-refractivity contribution in [2.75, 3.05) is 13.2 Å². The fourth-order valence-corrected chi connectivity index (χ4v) is 5.56. The molecule has 2 unspecified atom stereocenters. The van der Waals surface area contributed by atoms with Gasteiger partial charge in [-0.05, 0) is 43.9 Å². The molecule has 1 aliphatic heterocycles. The second-order valence-corrected chi connectivity index (χ2v) is 9.49. The number of ether oxygens (including phenoxy) is 1. The zero-order valence-electron chi connectivity index (χ0n) is 17.9. The van der Waals surface area contributed by atoms with Crippen molar-refractivity contribution < 1.29 is 28.6 Å². The van der Waals surface area contributed by atoms with Crippen LogP contribution in [0.15, 0.2) is 30.3 Å². The lowest BCUT2D eigenvalue weighted by Gasteiger charge is -2.34. The van der Waals surface area contributed by atoms with Gasteiger partial charge in [0.05, 0.1) is 19.1 Å². The number of carboxylic acids is 1. The first kappa shape index (κ1) is 22.6. The van der Waals surface area contributed by atoms with Gasteiger partial charge in [0.1, 0.15) is 11.7 Å². The zero-order chi connectivity index (χ0) is 22.8. The van der Waals surface area contributed by atoms with E-state index in [1.807, 2.05) is 11.0 Å². The van der Waals surface area contributed by atoms with E-state index in [2.05, 4.69) is 0 Å². The normalized spacial score (nSPS) is 17.9. The lowest BCUT2D eigenvalue weighted by Crippen LogP contribution is -2.38. The third kappa shape index (κ3) is 4.76. The van der Waals surface area contributed by atoms with Gasteiger partial charge in [0, 0.05) is 34.3 Å². The first-order valence-corrected chi connectivity index (χ1v) is 11.7. The number of hydrogen-bond acceptors (Lipinski definition) is 6. The van der Waals surface area contributed by atoms with E-state index in [9.17, 15) is 23.9 Å². The molecule has 1 fully saturated rings. The standard InChI is InChI=1S/C24H26FNO5S/c1-2-31-24(30)17(12-21(27)28)20-11-15-13-26(10-9-19(15)32-20)22(23(29)14-7-8-14)16-5-3-4-6-18(16)25/h3-6,11,14,17,22H,2,7-10,12-13H2,1H3,(H,27,28). The van der Waals surface area contributed by atoms with E-state index < -0.39 is 23.9 Å². The number of ketones is 1. The first-order chi connectivity index (χ1) is 15.4. The van der Waals surface area contributed by atoms with E-state index in [1.165, 1.54) is 17.4 Å². The maximum atomic E-state index is 14.6. The third-order valence-electron chi connectivity index (χ3n) is 6.02. The van der Waals surface area contributed by atoms with Crippen LogP contribution in [0.1, 0.15) is 59.0 Å². The number of carboxylic acid groups (broad SMARTS) is 1. The van der Waals surface area contributed by atoms with Gasteiger partial charge >= 0.3 is 11.9 Å². The highest BCUT2D eigenvalue weighted by Gasteiger charge is 2.40. The van der Waals surface area contributed by atoms with Crippen LogP contribution in [0.25, 0.3) is 0 Å². The van der Waals surface area contributed by atoms with Crippen molar-refractivity contribution in [3.8, 4) is 0 Å². The van der Waals surface area contributed by atoms with E-state index in [4.69, 9.17) is 4.74 Å². The second kappa shape index (κ2) is 9.50. The number of rotatable bonds is 9. The van der Waals surface area contributed by atoms with E-state index in [1.54, 1.807) is 25.1 Å². The van der Waals surface area contributed by atoms with Crippen LogP contribution in [0.3, 0.4) is 0 Å². The van der Waals surface area contributed by atoms with E-state index in [0.717, 1.165) is 23.3 Å². The van der Waals surface area contributed by atoms with Crippen molar-refractivity contribution in [3.63, 3.8) is 0 Å². The minimum Gasteiger partial charge on any atom is -0.481 e. The number of benzene rings is 1. The number of carbonyl (C=O) groups is 3. The summed E-state index contributed by atoms with van der Waals surface area (Å²) >= 11 is 1.43. The van der Waals surface area contributed by atoms with E-state index >= 15 is 0 Å². The SMILES string of the molecule is CCOC(=O)C(CC(=O)O)c1cc2c(s1)CCN(C(C(=O)C1CC1)c1ccccc1F)C2. The largest absolute Gasteiger partial charge is 0.481 e. The van der Waals surface area contributed by atoms with Crippen molar-refractivity contribution in [2.45, 2.75) is 51.1 Å². The molecule has 0 spiro atoms. The molecule has 2 aromatic rings. The smallest absolute Gasteiger partial charge is 0.314 e. The summed E-state index contributed by atoms with van der Waals surface area (Å²) in [6.07, 6.45) is 2.02. The van der Waals surface area contributed by atoms with Crippen molar-refractivity contribution in [1.29, 1.82) is 0 Å². The molecule has 0 amide bonds. The molecule has 4 rings (SSSR count). The average Bonchev–Trinajstić information content (AvgIpc) is 3.52. The predicted molar refractivity (Wildman–Crippen MR) is 117 cm³/mol. The van der Waals surface area contributed by atoms with Gasteiger partial charge in [-0.25, -0.2) is 4.39 Å². The Kier molecular flexibility index (Phi) is 6.71. The fraction of sp³-hybridized carbons (Fsp3) is 0.458. The lowest BCUT2D eigenvalue weighted by molar-refractivity contribution is -0.149. The van der Waals surface area contributed by atoms with Gasteiger partial charge in [0.25, 0.3) is 0 Å². The summed E-state index contributed by atoms with van der Waals surface area (Å²) in [6, 6.07) is 7.65. The lowest BCUT2D eigenvalue weighted by atomic mass is 9.94. The number of nitrogens with zero attached hydrogens (tertiary/aromatic N) is 1. The van der Waals surface area contributed by atoms with Crippen LogP contribution in [0.5, 0.6) is 0 Å². The van der Waals surface area contributed by atoms with Crippen LogP contribution in [-0.4, -0.2) is 40.9 Å². The number of thiophene rings is 1. The topological polar surface area (TPSA) is 83.9 Å². The van der Waals surface area contributed by atoms with Crippen LogP contribution >= 0.6 is 11.3 Å². The zero-order valence-corrected chi connectivity index (χ0v) is 18.7. The van der Waals surface area contributed by atoms with E-state index in [0.29, 0.717) is 30.0 Å². The molecular weight excluding hydrogens is 433 g/mol. The van der Waals surface area contributed by atoms with Crippen molar-refractivity contribution in [3.05, 3.63) is 57.0 Å². The van der Waals surface area contributed by atoms with Crippen molar-refractivity contribution in [2.24, 2.45) is 5.92 Å². The van der Waals surface area contributed by atoms with Crippen LogP contribution in [0.2, 0.25) is 0 Å². The summed E-state index contributed by atoms with van der Waals surface area (Å²) in [5.74, 6) is -2.80. The predicted octanol–water partition coefficient (Wildman–Crippen LogP) is 4.09. The maximum absolute atomic E-state index is 14.6. The number of halogens is 1. The Bertz CT molecular complexity index is 1030. The Morgan fingerprint density at radius 1 is 1.28 bits per heavy atom. The average molecular weight is 460 g/mol. The number of hydrogen-bond donors (Lipinski definition) is 1. The molecule has 170 valence electrons. The summed E-state index contributed by atoms with van der Waals surface area (Å²) in [4.78, 5) is 40.6. The number of fused-ring (bicyclic) bond motifs is 1. The summed E-state index contributed by atoms with van der Waals surface area (Å²) in [6.45, 7) is 2.91. The minimum atomic E-state index is -1.06. The molecule has 1 saturated carbocycles. The Labute approximate surface area is 190 Å². The summed E-state index contributed by atoms with van der Waals surface area (Å²) < 4.78 is 19.7. The van der Waals surface area contributed by atoms with Crippen LogP contribution in [0.4, 0.5) is 4.39 Å². The quantitative estimate of drug-likeness (QED) is 0.569. The Hall–Kier alpha value is -2.58. The number of carbonyl (C=O) groups excluding carboxylic acids is 2. The number of aliphatic carboxylic acids is 1. The molecule has 1 aromatic carbocycles. The van der Waals surface area contributed by atoms with Crippen LogP contribution < -0.4 is 0 Å². The molecule has 2 aliphatic rings. The third-order valence-corrected chi connectivity index (χ3v) is 7.37. The summed E-state index contributed by atoms with van der Waals surface area (Å²) in [5.41, 5.74) is 1.36. The Morgan fingerprint density at radius 3 is 2.69 bits per heavy atom. The van der Waals surface area contributed by atoms with Gasteiger partial charge in [-0.2, -0.15) is 0 Å². The highest BCUT2D eigenvalue weighted by molar-refractivity contribution is 7.12. The molecule has 2 atom stereocenters. The van der Waals surface area contributed by atoms with Crippen LogP contribution in [0, 0.1) is 11.7 Å². The first-order valence-electron chi connectivity index (χ1n) is 10.9. The summed E-state index contributed by atoms with van der Waals surface area (Å²) in [5, 5.41) is 9.27. The van der Waals surface area contributed by atoms with Gasteiger partial charge in [-0.1, -0.05) is 18.2 Å². The molecule has 8 heteroatoms. The second-order valence-electron chi connectivity index (χ2n) is 8.32. The molecule has 0 radical (unpaired) electrons. The van der Waals surface area contributed by atoms with Gasteiger partial charge in [-0.3, -0.25) is 19.3 Å². The highest BCUT2D eigenvalue weighted by atomic mass is 32.1. The molecule has 1 N–H and O–H groups in total. The van der Waals surface area contributed by atoms with Gasteiger partial charge in [0.15, 0.2) is 5.78 Å². The molecule has 0 bridgehead atoms. The van der Waals surface area contributed by atoms with Gasteiger partial charge < -0.3 is 9.84 Å². The molecule has 1 aromatic heterocycles. The van der Waals surface area contributed by atoms with Crippen LogP contribution in [-0.2, 0) is 32.1 Å². The van der Waals surface area contributed by atoms with Gasteiger partial charge in [-0.15, -0.1) is 11.3 Å². The fourth-order valence-electron chi connectivity index (χ4n) is 4.31. The molecule has 0 saturated heterocycles. The van der Waals surface area contributed by atoms with E-state index in [-0.39, 0.29) is 30.5 Å². The monoisotopic (exact) mass is 459 g/mol. The molecule has 6 nitrogen and oxygen atoms in total. The minimum absolute atomic E-state index is 0.0113. The van der Waals surface area contributed by atoms with Gasteiger partial charge in [0.2, 0.25) is 0 Å². The van der Waals surface area contributed by atoms with Crippen molar-refractivity contribution >= 4 is 29.1 Å².